The van der Waals surface area contributed by atoms with Crippen LogP contribution in [0.4, 0.5) is 4.39 Å². The van der Waals surface area contributed by atoms with Gasteiger partial charge < -0.3 is 18.6 Å². The Morgan fingerprint density at radius 1 is 1.32 bits per heavy atom. The van der Waals surface area contributed by atoms with E-state index < -0.39 is 5.82 Å². The average molecular weight is 405 g/mol. The summed E-state index contributed by atoms with van der Waals surface area (Å²) in [5, 5.41) is 8.03. The number of H-pyrrole nitrogens is 1. The highest BCUT2D eigenvalue weighted by atomic mass is 35.5. The van der Waals surface area contributed by atoms with Crippen molar-refractivity contribution in [3.05, 3.63) is 41.5 Å². The van der Waals surface area contributed by atoms with E-state index in [1.54, 1.807) is 42.0 Å². The van der Waals surface area contributed by atoms with Gasteiger partial charge in [0.1, 0.15) is 17.3 Å². The molecule has 0 radical (unpaired) electrons. The van der Waals surface area contributed by atoms with Gasteiger partial charge in [-0.15, -0.1) is 0 Å². The summed E-state index contributed by atoms with van der Waals surface area (Å²) in [6.45, 7) is 0.510. The number of nitrogens with zero attached hydrogens (tertiary/aromatic N) is 5. The maximum Gasteiger partial charge on any atom is 0.199 e. The Morgan fingerprint density at radius 2 is 2.14 bits per heavy atom. The Hall–Kier alpha value is -2.91. The summed E-state index contributed by atoms with van der Waals surface area (Å²) in [7, 11) is 4.82. The van der Waals surface area contributed by atoms with Crippen LogP contribution in [0.1, 0.15) is 5.82 Å². The normalized spacial score (nSPS) is 11.5. The van der Waals surface area contributed by atoms with E-state index in [1.807, 2.05) is 0 Å². The molecule has 4 rings (SSSR count). The van der Waals surface area contributed by atoms with Crippen LogP contribution in [0, 0.1) is 5.82 Å². The maximum atomic E-state index is 14.9. The Bertz CT molecular complexity index is 1140. The van der Waals surface area contributed by atoms with Gasteiger partial charge in [0.15, 0.2) is 11.6 Å². The van der Waals surface area contributed by atoms with Crippen molar-refractivity contribution in [1.82, 2.24) is 29.3 Å². The van der Waals surface area contributed by atoms with Crippen LogP contribution in [0.5, 0.6) is 5.75 Å². The van der Waals surface area contributed by atoms with Crippen LogP contribution < -0.4 is 4.74 Å². The quantitative estimate of drug-likeness (QED) is 0.533. The fraction of sp³-hybridized carbons (Fsp3) is 0.278. The minimum absolute atomic E-state index is 0.251. The molecule has 0 amide bonds. The maximum absolute atomic E-state index is 14.9. The number of methoxy groups -OCH3 is 2. The van der Waals surface area contributed by atoms with Crippen molar-refractivity contribution in [2.45, 2.75) is 6.42 Å². The second-order valence-corrected chi connectivity index (χ2v) is 6.55. The molecule has 1 N–H and O–H groups in total. The minimum Gasteiger partial charge on any atom is -0.495 e. The monoisotopic (exact) mass is 404 g/mol. The van der Waals surface area contributed by atoms with E-state index in [9.17, 15) is 4.39 Å². The van der Waals surface area contributed by atoms with Crippen molar-refractivity contribution in [2.75, 3.05) is 20.8 Å². The summed E-state index contributed by atoms with van der Waals surface area (Å²) in [5.74, 6) is 0.883. The van der Waals surface area contributed by atoms with Crippen LogP contribution >= 0.6 is 11.6 Å². The molecule has 0 aliphatic heterocycles. The summed E-state index contributed by atoms with van der Waals surface area (Å²) in [4.78, 5) is 8.66. The molecule has 4 aromatic rings. The van der Waals surface area contributed by atoms with Crippen LogP contribution in [-0.2, 0) is 18.2 Å². The van der Waals surface area contributed by atoms with Crippen LogP contribution in [0.2, 0.25) is 5.02 Å². The van der Waals surface area contributed by atoms with Gasteiger partial charge in [-0.25, -0.2) is 14.4 Å². The second kappa shape index (κ2) is 7.25. The third kappa shape index (κ3) is 2.83. The number of hydrogen-bond acceptors (Lipinski definition) is 5. The number of aromatic nitrogens is 6. The van der Waals surface area contributed by atoms with Crippen molar-refractivity contribution in [1.29, 1.82) is 0 Å². The number of nitrogens with one attached hydrogen (secondary N) is 1. The average Bonchev–Trinajstić information content (AvgIpc) is 3.41. The van der Waals surface area contributed by atoms with Gasteiger partial charge in [0.05, 0.1) is 41.7 Å². The molecular weight excluding hydrogens is 387 g/mol. The lowest BCUT2D eigenvalue weighted by Gasteiger charge is -2.07. The number of benzene rings is 1. The first-order chi connectivity index (χ1) is 13.6. The smallest absolute Gasteiger partial charge is 0.199 e. The van der Waals surface area contributed by atoms with Gasteiger partial charge in [-0.1, -0.05) is 11.6 Å². The predicted octanol–water partition coefficient (Wildman–Crippen LogP) is 3.14. The van der Waals surface area contributed by atoms with Crippen LogP contribution in [0.25, 0.3) is 28.1 Å². The van der Waals surface area contributed by atoms with Crippen molar-refractivity contribution in [3.8, 4) is 23.0 Å². The lowest BCUT2D eigenvalue weighted by molar-refractivity contribution is 0.200. The van der Waals surface area contributed by atoms with E-state index in [-0.39, 0.29) is 5.75 Å². The zero-order valence-electron chi connectivity index (χ0n) is 15.5. The third-order valence-corrected chi connectivity index (χ3v) is 4.93. The molecule has 28 heavy (non-hydrogen) atoms. The summed E-state index contributed by atoms with van der Waals surface area (Å²) in [6, 6.07) is 1.27. The highest BCUT2D eigenvalue weighted by molar-refractivity contribution is 6.38. The topological polar surface area (TPSA) is 82.8 Å². The Balaban J connectivity index is 2.04. The van der Waals surface area contributed by atoms with Crippen molar-refractivity contribution in [2.24, 2.45) is 7.05 Å². The molecule has 0 fully saturated rings. The summed E-state index contributed by atoms with van der Waals surface area (Å²) in [5.41, 5.74) is 1.55. The summed E-state index contributed by atoms with van der Waals surface area (Å²) >= 11 is 6.58. The molecule has 1 aromatic carbocycles. The SMILES string of the molecule is COCCc1nc(-c2c(-n3ccnc3)c3c(Cl)c(OC)cc(F)c3n2C)n[nH]1. The minimum atomic E-state index is -0.457. The van der Waals surface area contributed by atoms with Crippen molar-refractivity contribution < 1.29 is 13.9 Å². The molecule has 0 bridgehead atoms. The highest BCUT2D eigenvalue weighted by Gasteiger charge is 2.27. The van der Waals surface area contributed by atoms with Gasteiger partial charge in [0.25, 0.3) is 0 Å². The predicted molar refractivity (Wildman–Crippen MR) is 103 cm³/mol. The fourth-order valence-corrected chi connectivity index (χ4v) is 3.60. The molecule has 0 spiro atoms. The molecular formula is C18H18ClFN6O2. The van der Waals surface area contributed by atoms with Gasteiger partial charge in [-0.05, 0) is 0 Å². The second-order valence-electron chi connectivity index (χ2n) is 6.17. The lowest BCUT2D eigenvalue weighted by atomic mass is 10.2. The number of fused-ring (bicyclic) bond motifs is 1. The molecule has 0 aliphatic carbocycles. The van der Waals surface area contributed by atoms with Crippen LogP contribution in [0.15, 0.2) is 24.8 Å². The van der Waals surface area contributed by atoms with Crippen molar-refractivity contribution >= 4 is 22.5 Å². The molecule has 10 heteroatoms. The number of ether oxygens (including phenoxy) is 2. The van der Waals surface area contributed by atoms with Gasteiger partial charge >= 0.3 is 0 Å². The van der Waals surface area contributed by atoms with Crippen molar-refractivity contribution in [3.63, 3.8) is 0 Å². The number of rotatable bonds is 6. The lowest BCUT2D eigenvalue weighted by Crippen LogP contribution is -1.99. The molecule has 146 valence electrons. The molecule has 0 saturated carbocycles. The first-order valence-corrected chi connectivity index (χ1v) is 8.87. The molecule has 8 nitrogen and oxygen atoms in total. The van der Waals surface area contributed by atoms with E-state index in [0.29, 0.717) is 52.0 Å². The first kappa shape index (κ1) is 18.5. The molecule has 3 heterocycles. The molecule has 0 saturated heterocycles. The molecule has 0 atom stereocenters. The van der Waals surface area contributed by atoms with Gasteiger partial charge in [-0.2, -0.15) is 5.10 Å². The van der Waals surface area contributed by atoms with E-state index in [2.05, 4.69) is 20.2 Å². The van der Waals surface area contributed by atoms with E-state index in [4.69, 9.17) is 21.1 Å². The first-order valence-electron chi connectivity index (χ1n) is 8.50. The number of imidazole rings is 1. The summed E-state index contributed by atoms with van der Waals surface area (Å²) in [6.07, 6.45) is 5.58. The zero-order chi connectivity index (χ0) is 19.8. The molecule has 0 aliphatic rings. The van der Waals surface area contributed by atoms with Crippen LogP contribution in [0.3, 0.4) is 0 Å². The Kier molecular flexibility index (Phi) is 4.78. The van der Waals surface area contributed by atoms with Gasteiger partial charge in [0.2, 0.25) is 0 Å². The Morgan fingerprint density at radius 3 is 2.82 bits per heavy atom. The number of hydrogen-bond donors (Lipinski definition) is 1. The van der Waals surface area contributed by atoms with E-state index >= 15 is 0 Å². The van der Waals surface area contributed by atoms with Gasteiger partial charge in [0, 0.05) is 39.0 Å². The standard InChI is InChI=1S/C18H18ClFN6O2/c1-25-15-10(20)8-11(28-3)14(19)13(15)16(26-6-5-21-9-26)17(25)18-22-12(23-24-18)4-7-27-2/h5-6,8-9H,4,7H2,1-3H3,(H,22,23,24). The molecule has 3 aromatic heterocycles. The highest BCUT2D eigenvalue weighted by Crippen LogP contribution is 2.43. The molecule has 0 unspecified atom stereocenters. The largest absolute Gasteiger partial charge is 0.495 e. The van der Waals surface area contributed by atoms with Crippen LogP contribution in [-0.4, -0.2) is 50.1 Å². The third-order valence-electron chi connectivity index (χ3n) is 4.56. The summed E-state index contributed by atoms with van der Waals surface area (Å²) < 4.78 is 28.7. The fourth-order valence-electron chi connectivity index (χ4n) is 3.29. The zero-order valence-corrected chi connectivity index (χ0v) is 16.3. The number of halogens is 2. The van der Waals surface area contributed by atoms with Gasteiger partial charge in [-0.3, -0.25) is 5.10 Å². The number of aromatic amines is 1. The Labute approximate surface area is 164 Å². The van der Waals surface area contributed by atoms with E-state index in [0.717, 1.165) is 0 Å². The number of aryl methyl sites for hydroxylation is 1. The van der Waals surface area contributed by atoms with E-state index in [1.165, 1.54) is 13.2 Å².